The summed E-state index contributed by atoms with van der Waals surface area (Å²) in [6.07, 6.45) is 4.79. The molecule has 1 fully saturated rings. The van der Waals surface area contributed by atoms with Crippen LogP contribution < -0.4 is 5.32 Å². The lowest BCUT2D eigenvalue weighted by Crippen LogP contribution is -2.45. The highest BCUT2D eigenvalue weighted by atomic mass is 16.4. The van der Waals surface area contributed by atoms with Crippen LogP contribution in [0.25, 0.3) is 0 Å². The lowest BCUT2D eigenvalue weighted by atomic mass is 9.93. The maximum absolute atomic E-state index is 11.6. The smallest absolute Gasteiger partial charge is 0.321 e. The number of rotatable bonds is 2. The molecule has 3 heterocycles. The van der Waals surface area contributed by atoms with Crippen molar-refractivity contribution in [1.82, 2.24) is 9.88 Å². The molecule has 1 aromatic heterocycles. The fourth-order valence-electron chi connectivity index (χ4n) is 2.89. The number of aryl methyl sites for hydroxylation is 2. The van der Waals surface area contributed by atoms with Crippen molar-refractivity contribution in [3.05, 3.63) is 23.5 Å². The van der Waals surface area contributed by atoms with E-state index in [1.54, 1.807) is 0 Å². The third-order valence-corrected chi connectivity index (χ3v) is 3.81. The summed E-state index contributed by atoms with van der Waals surface area (Å²) < 4.78 is 2.20. The molecule has 0 aliphatic carbocycles. The van der Waals surface area contributed by atoms with Crippen LogP contribution >= 0.6 is 0 Å². The Hall–Kier alpha value is -1.62. The minimum absolute atomic E-state index is 0.0255. The van der Waals surface area contributed by atoms with E-state index < -0.39 is 12.0 Å². The molecule has 18 heavy (non-hydrogen) atoms. The van der Waals surface area contributed by atoms with Crippen LogP contribution in [0, 0.1) is 0 Å². The van der Waals surface area contributed by atoms with Crippen LogP contribution in [0.1, 0.15) is 36.6 Å². The van der Waals surface area contributed by atoms with Crippen molar-refractivity contribution in [3.63, 3.8) is 0 Å². The maximum Gasteiger partial charge on any atom is 0.321 e. The topological polar surface area (TPSA) is 71.3 Å². The summed E-state index contributed by atoms with van der Waals surface area (Å²) in [4.78, 5) is 22.6. The van der Waals surface area contributed by atoms with Crippen LogP contribution in [0.5, 0.6) is 0 Å². The molecule has 1 aromatic rings. The third kappa shape index (κ3) is 1.95. The zero-order valence-corrected chi connectivity index (χ0v) is 10.1. The second-order valence-electron chi connectivity index (χ2n) is 5.12. The predicted molar refractivity (Wildman–Crippen MR) is 64.3 cm³/mol. The molecular formula is C13H16N2O3. The van der Waals surface area contributed by atoms with Gasteiger partial charge in [-0.15, -0.1) is 0 Å². The standard InChI is InChI=1S/C13H16N2O3/c16-10-5-11(14-12(6-10)13(17)18)8-4-9-2-1-3-15(9)7-8/h4,7,11-12,14H,1-3,5-6H2,(H,17,18). The SMILES string of the molecule is O=C1CC(C(=O)O)NC(c2cc3n(c2)CCC3)C1. The van der Waals surface area contributed by atoms with Gasteiger partial charge in [-0.25, -0.2) is 0 Å². The molecule has 2 aliphatic rings. The third-order valence-electron chi connectivity index (χ3n) is 3.81. The van der Waals surface area contributed by atoms with Crippen molar-refractivity contribution in [2.75, 3.05) is 0 Å². The number of carbonyl (C=O) groups excluding carboxylic acids is 1. The molecule has 5 heteroatoms. The van der Waals surface area contributed by atoms with Crippen LogP contribution in [-0.2, 0) is 22.6 Å². The first-order valence-electron chi connectivity index (χ1n) is 6.33. The van der Waals surface area contributed by atoms with Crippen molar-refractivity contribution in [1.29, 1.82) is 0 Å². The van der Waals surface area contributed by atoms with Gasteiger partial charge in [0.05, 0.1) is 0 Å². The number of piperidine rings is 1. The van der Waals surface area contributed by atoms with Gasteiger partial charge < -0.3 is 9.67 Å². The molecule has 96 valence electrons. The van der Waals surface area contributed by atoms with Gasteiger partial charge in [-0.2, -0.15) is 0 Å². The average molecular weight is 248 g/mol. The predicted octanol–water partition coefficient (Wildman–Crippen LogP) is 0.881. The molecule has 0 bridgehead atoms. The van der Waals surface area contributed by atoms with Gasteiger partial charge in [-0.05, 0) is 24.5 Å². The maximum atomic E-state index is 11.6. The molecule has 0 radical (unpaired) electrons. The zero-order chi connectivity index (χ0) is 12.7. The zero-order valence-electron chi connectivity index (χ0n) is 10.1. The van der Waals surface area contributed by atoms with Crippen LogP contribution in [0.4, 0.5) is 0 Å². The number of aromatic nitrogens is 1. The summed E-state index contributed by atoms with van der Waals surface area (Å²) in [5.41, 5.74) is 2.33. The van der Waals surface area contributed by atoms with E-state index in [0.717, 1.165) is 18.5 Å². The summed E-state index contributed by atoms with van der Waals surface area (Å²) in [6, 6.07) is 1.21. The van der Waals surface area contributed by atoms with Gasteiger partial charge in [0.15, 0.2) is 0 Å². The molecule has 0 aromatic carbocycles. The normalized spacial score (nSPS) is 27.2. The van der Waals surface area contributed by atoms with E-state index in [-0.39, 0.29) is 18.2 Å². The van der Waals surface area contributed by atoms with Crippen LogP contribution in [0.3, 0.4) is 0 Å². The largest absolute Gasteiger partial charge is 0.480 e. The monoisotopic (exact) mass is 248 g/mol. The number of carbonyl (C=O) groups is 2. The second-order valence-corrected chi connectivity index (χ2v) is 5.12. The molecule has 0 amide bonds. The van der Waals surface area contributed by atoms with Gasteiger partial charge in [0.2, 0.25) is 0 Å². The highest BCUT2D eigenvalue weighted by molar-refractivity contribution is 5.87. The molecule has 3 rings (SSSR count). The molecule has 1 saturated heterocycles. The summed E-state index contributed by atoms with van der Waals surface area (Å²) in [6.45, 7) is 1.03. The van der Waals surface area contributed by atoms with Crippen LogP contribution in [0.2, 0.25) is 0 Å². The van der Waals surface area contributed by atoms with Gasteiger partial charge in [0, 0.05) is 37.3 Å². The molecule has 2 unspecified atom stereocenters. The number of hydrogen-bond donors (Lipinski definition) is 2. The number of Topliss-reactive ketones (excluding diaryl/α,β-unsaturated/α-hetero) is 1. The number of ketones is 1. The molecular weight excluding hydrogens is 232 g/mol. The van der Waals surface area contributed by atoms with E-state index >= 15 is 0 Å². The lowest BCUT2D eigenvalue weighted by molar-refractivity contribution is -0.143. The first-order chi connectivity index (χ1) is 8.63. The van der Waals surface area contributed by atoms with Gasteiger partial charge in [-0.3, -0.25) is 14.9 Å². The van der Waals surface area contributed by atoms with E-state index in [2.05, 4.69) is 22.1 Å². The number of nitrogens with one attached hydrogen (secondary N) is 1. The number of hydrogen-bond acceptors (Lipinski definition) is 3. The first-order valence-corrected chi connectivity index (χ1v) is 6.33. The average Bonchev–Trinajstić information content (AvgIpc) is 2.87. The lowest BCUT2D eigenvalue weighted by Gasteiger charge is -2.27. The van der Waals surface area contributed by atoms with Crippen molar-refractivity contribution < 1.29 is 14.7 Å². The summed E-state index contributed by atoms with van der Waals surface area (Å²) >= 11 is 0. The van der Waals surface area contributed by atoms with Crippen LogP contribution in [0.15, 0.2) is 12.3 Å². The molecule has 5 nitrogen and oxygen atoms in total. The Morgan fingerprint density at radius 2 is 2.28 bits per heavy atom. The van der Waals surface area contributed by atoms with Gasteiger partial charge >= 0.3 is 5.97 Å². The highest BCUT2D eigenvalue weighted by Crippen LogP contribution is 2.28. The Labute approximate surface area is 105 Å². The highest BCUT2D eigenvalue weighted by Gasteiger charge is 2.32. The summed E-state index contributed by atoms with van der Waals surface area (Å²) in [5, 5.41) is 12.1. The summed E-state index contributed by atoms with van der Waals surface area (Å²) in [5.74, 6) is -0.919. The number of carboxylic acids is 1. The Bertz CT molecular complexity index is 485. The van der Waals surface area contributed by atoms with Crippen molar-refractivity contribution in [2.45, 2.75) is 44.3 Å². The minimum atomic E-state index is -0.945. The van der Waals surface area contributed by atoms with Crippen molar-refractivity contribution >= 4 is 11.8 Å². The number of nitrogens with zero attached hydrogens (tertiary/aromatic N) is 1. The Balaban J connectivity index is 1.82. The minimum Gasteiger partial charge on any atom is -0.480 e. The molecule has 2 N–H and O–H groups in total. The van der Waals surface area contributed by atoms with E-state index in [1.165, 1.54) is 12.1 Å². The van der Waals surface area contributed by atoms with E-state index in [0.29, 0.717) is 6.42 Å². The second kappa shape index (κ2) is 4.24. The quantitative estimate of drug-likeness (QED) is 0.815. The number of fused-ring (bicyclic) bond motifs is 1. The molecule has 0 spiro atoms. The van der Waals surface area contributed by atoms with Gasteiger partial charge in [-0.1, -0.05) is 0 Å². The first kappa shape index (κ1) is 11.5. The Kier molecular flexibility index (Phi) is 2.70. The van der Waals surface area contributed by atoms with Crippen molar-refractivity contribution in [2.24, 2.45) is 0 Å². The molecule has 0 saturated carbocycles. The Morgan fingerprint density at radius 1 is 1.44 bits per heavy atom. The fourth-order valence-corrected chi connectivity index (χ4v) is 2.89. The van der Waals surface area contributed by atoms with Gasteiger partial charge in [0.25, 0.3) is 0 Å². The number of aliphatic carboxylic acids is 1. The van der Waals surface area contributed by atoms with Crippen molar-refractivity contribution in [3.8, 4) is 0 Å². The number of carboxylic acid groups (broad SMARTS) is 1. The molecule has 2 aliphatic heterocycles. The van der Waals surface area contributed by atoms with E-state index in [4.69, 9.17) is 5.11 Å². The van der Waals surface area contributed by atoms with E-state index in [9.17, 15) is 9.59 Å². The van der Waals surface area contributed by atoms with E-state index in [1.807, 2.05) is 0 Å². The van der Waals surface area contributed by atoms with Gasteiger partial charge in [0.1, 0.15) is 11.8 Å². The summed E-state index contributed by atoms with van der Waals surface area (Å²) in [7, 11) is 0. The fraction of sp³-hybridized carbons (Fsp3) is 0.538. The van der Waals surface area contributed by atoms with Crippen LogP contribution in [-0.4, -0.2) is 27.5 Å². The molecule has 2 atom stereocenters. The Morgan fingerprint density at radius 3 is 3.00 bits per heavy atom.